The van der Waals surface area contributed by atoms with E-state index in [-0.39, 0.29) is 22.3 Å². The van der Waals surface area contributed by atoms with Crippen molar-refractivity contribution in [2.45, 2.75) is 22.6 Å². The van der Waals surface area contributed by atoms with Gasteiger partial charge in [-0.25, -0.2) is 16.8 Å². The van der Waals surface area contributed by atoms with Gasteiger partial charge in [-0.15, -0.1) is 0 Å². The zero-order chi connectivity index (χ0) is 14.1. The number of sulfone groups is 2. The molecule has 1 atom stereocenters. The number of hydrogen-bond acceptors (Lipinski definition) is 5. The predicted octanol–water partition coefficient (Wildman–Crippen LogP) is 0.589. The predicted molar refractivity (Wildman–Crippen MR) is 68.2 cm³/mol. The maximum atomic E-state index is 11.6. The molecule has 0 radical (unpaired) electrons. The Balaban J connectivity index is 3.60. The van der Waals surface area contributed by atoms with E-state index in [0.717, 1.165) is 12.5 Å². The van der Waals surface area contributed by atoms with Gasteiger partial charge in [0, 0.05) is 25.0 Å². The molecule has 1 aromatic rings. The summed E-state index contributed by atoms with van der Waals surface area (Å²) in [5.74, 6) is -0.251. The number of aliphatic hydroxyl groups is 1. The van der Waals surface area contributed by atoms with Gasteiger partial charge < -0.3 is 5.11 Å². The van der Waals surface area contributed by atoms with Crippen LogP contribution in [0.4, 0.5) is 0 Å². The molecule has 0 fully saturated rings. The molecule has 0 saturated heterocycles. The van der Waals surface area contributed by atoms with Gasteiger partial charge in [0.2, 0.25) is 0 Å². The van der Waals surface area contributed by atoms with Crippen LogP contribution in [0.3, 0.4) is 0 Å². The number of rotatable bonds is 4. The van der Waals surface area contributed by atoms with Crippen molar-refractivity contribution in [3.8, 4) is 0 Å². The van der Waals surface area contributed by atoms with Crippen LogP contribution in [0.2, 0.25) is 0 Å². The highest BCUT2D eigenvalue weighted by Gasteiger charge is 2.21. The molecular formula is C11H16O5S2. The second kappa shape index (κ2) is 4.99. The quantitative estimate of drug-likeness (QED) is 0.877. The van der Waals surface area contributed by atoms with Gasteiger partial charge in [0.1, 0.15) is 0 Å². The minimum absolute atomic E-state index is 0.137. The summed E-state index contributed by atoms with van der Waals surface area (Å²) in [4.78, 5) is -0.429. The van der Waals surface area contributed by atoms with Crippen molar-refractivity contribution >= 4 is 19.7 Å². The number of aliphatic hydroxyl groups excluding tert-OH is 1. The van der Waals surface area contributed by atoms with E-state index in [2.05, 4.69) is 0 Å². The molecule has 5 nitrogen and oxygen atoms in total. The molecule has 0 aromatic heterocycles. The maximum Gasteiger partial charge on any atom is 0.176 e. The Hall–Kier alpha value is -0.920. The van der Waals surface area contributed by atoms with Gasteiger partial charge in [0.25, 0.3) is 0 Å². The zero-order valence-corrected chi connectivity index (χ0v) is 12.0. The largest absolute Gasteiger partial charge is 0.396 e. The number of benzene rings is 1. The SMILES string of the molecule is CC(CO)c1ccc(S(C)(=O)=O)c(S(C)(=O)=O)c1. The molecule has 0 aliphatic heterocycles. The average molecular weight is 292 g/mol. The molecule has 1 unspecified atom stereocenters. The Morgan fingerprint density at radius 1 is 1.06 bits per heavy atom. The highest BCUT2D eigenvalue weighted by molar-refractivity contribution is 7.93. The van der Waals surface area contributed by atoms with E-state index < -0.39 is 19.7 Å². The average Bonchev–Trinajstić information content (AvgIpc) is 2.24. The van der Waals surface area contributed by atoms with Crippen LogP contribution in [-0.2, 0) is 19.7 Å². The van der Waals surface area contributed by atoms with Crippen LogP contribution in [0.25, 0.3) is 0 Å². The van der Waals surface area contributed by atoms with Crippen molar-refractivity contribution in [3.63, 3.8) is 0 Å². The van der Waals surface area contributed by atoms with E-state index in [9.17, 15) is 16.8 Å². The molecular weight excluding hydrogens is 276 g/mol. The molecule has 0 aliphatic rings. The van der Waals surface area contributed by atoms with Crippen LogP contribution < -0.4 is 0 Å². The molecule has 0 saturated carbocycles. The molecule has 18 heavy (non-hydrogen) atoms. The fourth-order valence-corrected chi connectivity index (χ4v) is 3.96. The third kappa shape index (κ3) is 3.30. The van der Waals surface area contributed by atoms with Gasteiger partial charge in [-0.05, 0) is 17.7 Å². The van der Waals surface area contributed by atoms with Crippen molar-refractivity contribution in [1.82, 2.24) is 0 Å². The molecule has 102 valence electrons. The van der Waals surface area contributed by atoms with Crippen molar-refractivity contribution in [2.75, 3.05) is 19.1 Å². The van der Waals surface area contributed by atoms with Crippen molar-refractivity contribution in [3.05, 3.63) is 23.8 Å². The van der Waals surface area contributed by atoms with Crippen LogP contribution in [0.5, 0.6) is 0 Å². The van der Waals surface area contributed by atoms with E-state index in [4.69, 9.17) is 5.11 Å². The summed E-state index contributed by atoms with van der Waals surface area (Å²) in [6.07, 6.45) is 1.93. The first-order valence-corrected chi connectivity index (χ1v) is 9.00. The summed E-state index contributed by atoms with van der Waals surface area (Å²) in [6, 6.07) is 4.10. The minimum atomic E-state index is -3.64. The van der Waals surface area contributed by atoms with Gasteiger partial charge >= 0.3 is 0 Å². The van der Waals surface area contributed by atoms with Crippen LogP contribution >= 0.6 is 0 Å². The molecule has 0 aliphatic carbocycles. The second-order valence-electron chi connectivity index (χ2n) is 4.33. The highest BCUT2D eigenvalue weighted by atomic mass is 32.2. The molecule has 7 heteroatoms. The van der Waals surface area contributed by atoms with Crippen LogP contribution in [0, 0.1) is 0 Å². The minimum Gasteiger partial charge on any atom is -0.396 e. The monoisotopic (exact) mass is 292 g/mol. The Kier molecular flexibility index (Phi) is 4.19. The van der Waals surface area contributed by atoms with Crippen LogP contribution in [0.1, 0.15) is 18.4 Å². The lowest BCUT2D eigenvalue weighted by atomic mass is 10.0. The van der Waals surface area contributed by atoms with E-state index in [1.807, 2.05) is 0 Å². The van der Waals surface area contributed by atoms with Gasteiger partial charge in [-0.3, -0.25) is 0 Å². The molecule has 1 N–H and O–H groups in total. The summed E-state index contributed by atoms with van der Waals surface area (Å²) >= 11 is 0. The van der Waals surface area contributed by atoms with Gasteiger partial charge in [-0.2, -0.15) is 0 Å². The standard InChI is InChI=1S/C11H16O5S2/c1-8(7-12)9-4-5-10(17(2,13)14)11(6-9)18(3,15)16/h4-6,8,12H,7H2,1-3H3. The van der Waals surface area contributed by atoms with E-state index in [0.29, 0.717) is 5.56 Å². The fourth-order valence-electron chi connectivity index (χ4n) is 1.53. The van der Waals surface area contributed by atoms with Crippen molar-refractivity contribution < 1.29 is 21.9 Å². The van der Waals surface area contributed by atoms with Gasteiger partial charge in [-0.1, -0.05) is 13.0 Å². The normalized spacial score (nSPS) is 14.4. The van der Waals surface area contributed by atoms with E-state index in [1.54, 1.807) is 6.92 Å². The molecule has 0 heterocycles. The fraction of sp³-hybridized carbons (Fsp3) is 0.455. The third-order valence-corrected chi connectivity index (χ3v) is 5.03. The third-order valence-electron chi connectivity index (χ3n) is 2.61. The Labute approximate surface area is 107 Å². The Morgan fingerprint density at radius 2 is 1.56 bits per heavy atom. The van der Waals surface area contributed by atoms with E-state index in [1.165, 1.54) is 18.2 Å². The first-order chi connectivity index (χ1) is 8.07. The van der Waals surface area contributed by atoms with Gasteiger partial charge in [0.05, 0.1) is 9.79 Å². The summed E-state index contributed by atoms with van der Waals surface area (Å²) in [7, 11) is -7.25. The lowest BCUT2D eigenvalue weighted by molar-refractivity contribution is 0.273. The van der Waals surface area contributed by atoms with Crippen LogP contribution in [0.15, 0.2) is 28.0 Å². The topological polar surface area (TPSA) is 88.5 Å². The maximum absolute atomic E-state index is 11.6. The first kappa shape index (κ1) is 15.1. The summed E-state index contributed by atoms with van der Waals surface area (Å²) < 4.78 is 46.3. The molecule has 1 rings (SSSR count). The molecule has 1 aromatic carbocycles. The smallest absolute Gasteiger partial charge is 0.176 e. The molecule has 0 amide bonds. The summed E-state index contributed by atoms with van der Waals surface area (Å²) in [6.45, 7) is 1.59. The Morgan fingerprint density at radius 3 is 1.94 bits per heavy atom. The van der Waals surface area contributed by atoms with E-state index >= 15 is 0 Å². The number of hydrogen-bond donors (Lipinski definition) is 1. The van der Waals surface area contributed by atoms with Crippen molar-refractivity contribution in [2.24, 2.45) is 0 Å². The zero-order valence-electron chi connectivity index (χ0n) is 10.4. The molecule has 0 spiro atoms. The van der Waals surface area contributed by atoms with Gasteiger partial charge in [0.15, 0.2) is 19.7 Å². The second-order valence-corrected chi connectivity index (χ2v) is 8.30. The lowest BCUT2D eigenvalue weighted by Crippen LogP contribution is -2.09. The van der Waals surface area contributed by atoms with Crippen LogP contribution in [-0.4, -0.2) is 41.1 Å². The summed E-state index contributed by atoms with van der Waals surface area (Å²) in [5.41, 5.74) is 0.588. The Bertz CT molecular complexity index is 644. The summed E-state index contributed by atoms with van der Waals surface area (Å²) in [5, 5.41) is 9.04. The lowest BCUT2D eigenvalue weighted by Gasteiger charge is -2.12. The highest BCUT2D eigenvalue weighted by Crippen LogP contribution is 2.25. The van der Waals surface area contributed by atoms with Crippen molar-refractivity contribution in [1.29, 1.82) is 0 Å². The first-order valence-electron chi connectivity index (χ1n) is 5.22. The molecule has 0 bridgehead atoms.